The van der Waals surface area contributed by atoms with Gasteiger partial charge in [0.25, 0.3) is 0 Å². The number of methoxy groups -OCH3 is 1. The lowest BCUT2D eigenvalue weighted by Gasteiger charge is -2.25. The Balaban J connectivity index is 1.74. The van der Waals surface area contributed by atoms with E-state index in [1.165, 1.54) is 12.1 Å². The number of sulfone groups is 1. The van der Waals surface area contributed by atoms with Crippen LogP contribution in [0.5, 0.6) is 5.75 Å². The van der Waals surface area contributed by atoms with Gasteiger partial charge in [0.15, 0.2) is 9.84 Å². The molecule has 2 aromatic rings. The van der Waals surface area contributed by atoms with Crippen LogP contribution >= 0.6 is 0 Å². The van der Waals surface area contributed by atoms with Gasteiger partial charge in [-0.05, 0) is 54.8 Å². The molecule has 6 nitrogen and oxygen atoms in total. The van der Waals surface area contributed by atoms with Gasteiger partial charge in [-0.15, -0.1) is 0 Å². The first-order chi connectivity index (χ1) is 12.4. The number of nitrogens with zero attached hydrogens (tertiary/aromatic N) is 1. The molecule has 0 aliphatic carbocycles. The summed E-state index contributed by atoms with van der Waals surface area (Å²) < 4.78 is 28.3. The number of carbonyl (C=O) groups is 1. The highest BCUT2D eigenvalue weighted by molar-refractivity contribution is 7.90. The molecule has 3 rings (SSSR count). The van der Waals surface area contributed by atoms with Crippen LogP contribution in [0.2, 0.25) is 0 Å². The van der Waals surface area contributed by atoms with Gasteiger partial charge < -0.3 is 15.0 Å². The van der Waals surface area contributed by atoms with Crippen molar-refractivity contribution in [3.8, 4) is 5.75 Å². The fourth-order valence-corrected chi connectivity index (χ4v) is 3.82. The number of hydrogen-bond acceptors (Lipinski definition) is 4. The minimum absolute atomic E-state index is 0.000364. The Kier molecular flexibility index (Phi) is 5.18. The van der Waals surface area contributed by atoms with E-state index in [1.54, 1.807) is 24.1 Å². The van der Waals surface area contributed by atoms with Crippen LogP contribution in [0.4, 0.5) is 10.5 Å². The second kappa shape index (κ2) is 7.37. The number of nitrogens with one attached hydrogen (secondary N) is 1. The lowest BCUT2D eigenvalue weighted by atomic mass is 10.0. The summed E-state index contributed by atoms with van der Waals surface area (Å²) in [6.07, 6.45) is 2.99. The summed E-state index contributed by atoms with van der Waals surface area (Å²) in [6, 6.07) is 13.8. The Morgan fingerprint density at radius 3 is 2.58 bits per heavy atom. The Labute approximate surface area is 153 Å². The maximum absolute atomic E-state index is 12.7. The summed E-state index contributed by atoms with van der Waals surface area (Å²) in [5.74, 6) is 0.770. The number of benzene rings is 2. The van der Waals surface area contributed by atoms with Crippen molar-refractivity contribution in [1.82, 2.24) is 4.90 Å². The van der Waals surface area contributed by atoms with Gasteiger partial charge in [-0.3, -0.25) is 0 Å². The zero-order valence-electron chi connectivity index (χ0n) is 14.8. The smallest absolute Gasteiger partial charge is 0.322 e. The van der Waals surface area contributed by atoms with Crippen molar-refractivity contribution in [2.45, 2.75) is 23.8 Å². The first-order valence-corrected chi connectivity index (χ1v) is 10.3. The summed E-state index contributed by atoms with van der Waals surface area (Å²) in [4.78, 5) is 14.7. The molecule has 1 fully saturated rings. The van der Waals surface area contributed by atoms with E-state index in [-0.39, 0.29) is 17.0 Å². The van der Waals surface area contributed by atoms with Crippen LogP contribution in [0.1, 0.15) is 24.4 Å². The fraction of sp³-hybridized carbons (Fsp3) is 0.316. The number of rotatable bonds is 4. The number of ether oxygens (including phenoxy) is 1. The van der Waals surface area contributed by atoms with Crippen LogP contribution in [0.25, 0.3) is 0 Å². The lowest BCUT2D eigenvalue weighted by molar-refractivity contribution is 0.207. The van der Waals surface area contributed by atoms with E-state index < -0.39 is 9.84 Å². The predicted octanol–water partition coefficient (Wildman–Crippen LogP) is 3.47. The van der Waals surface area contributed by atoms with Gasteiger partial charge in [0.05, 0.1) is 18.0 Å². The standard InChI is InChI=1S/C19H22N2O4S/c1-25-16-6-3-5-14(13-16)18-7-4-12-21(18)19(22)20-15-8-10-17(11-9-15)26(2,23)24/h3,5-6,8-11,13,18H,4,7,12H2,1-2H3,(H,20,22). The SMILES string of the molecule is COc1cccc(C2CCCN2C(=O)Nc2ccc(S(C)(=O)=O)cc2)c1. The number of carbonyl (C=O) groups excluding carboxylic acids is 1. The quantitative estimate of drug-likeness (QED) is 0.889. The van der Waals surface area contributed by atoms with E-state index >= 15 is 0 Å². The molecule has 1 N–H and O–H groups in total. The third-order valence-corrected chi connectivity index (χ3v) is 5.65. The molecule has 1 unspecified atom stereocenters. The molecule has 2 aromatic carbocycles. The van der Waals surface area contributed by atoms with Crippen molar-refractivity contribution >= 4 is 21.6 Å². The Morgan fingerprint density at radius 1 is 1.19 bits per heavy atom. The third kappa shape index (κ3) is 3.99. The minimum atomic E-state index is -3.25. The van der Waals surface area contributed by atoms with E-state index in [1.807, 2.05) is 24.3 Å². The molecule has 1 aliphatic rings. The van der Waals surface area contributed by atoms with Crippen molar-refractivity contribution < 1.29 is 17.9 Å². The van der Waals surface area contributed by atoms with Crippen LogP contribution in [-0.4, -0.2) is 39.3 Å². The predicted molar refractivity (Wildman–Crippen MR) is 100 cm³/mol. The molecule has 1 heterocycles. The van der Waals surface area contributed by atoms with E-state index in [2.05, 4.69) is 5.32 Å². The first kappa shape index (κ1) is 18.3. The Morgan fingerprint density at radius 2 is 1.92 bits per heavy atom. The highest BCUT2D eigenvalue weighted by Crippen LogP contribution is 2.33. The first-order valence-electron chi connectivity index (χ1n) is 8.40. The van der Waals surface area contributed by atoms with E-state index in [9.17, 15) is 13.2 Å². The van der Waals surface area contributed by atoms with Gasteiger partial charge in [0.2, 0.25) is 0 Å². The normalized spacial score (nSPS) is 17.2. The molecular weight excluding hydrogens is 352 g/mol. The average Bonchev–Trinajstić information content (AvgIpc) is 3.11. The van der Waals surface area contributed by atoms with Crippen molar-refractivity contribution in [1.29, 1.82) is 0 Å². The maximum atomic E-state index is 12.7. The van der Waals surface area contributed by atoms with Gasteiger partial charge in [-0.1, -0.05) is 12.1 Å². The zero-order valence-corrected chi connectivity index (χ0v) is 15.6. The average molecular weight is 374 g/mol. The van der Waals surface area contributed by atoms with Crippen molar-refractivity contribution in [2.75, 3.05) is 25.2 Å². The molecule has 1 atom stereocenters. The van der Waals surface area contributed by atoms with Crippen molar-refractivity contribution in [3.05, 3.63) is 54.1 Å². The van der Waals surface area contributed by atoms with Gasteiger partial charge in [0, 0.05) is 18.5 Å². The molecule has 0 bridgehead atoms. The summed E-state index contributed by atoms with van der Waals surface area (Å²) in [7, 11) is -1.63. The Bertz CT molecular complexity index is 894. The fourth-order valence-electron chi connectivity index (χ4n) is 3.19. The topological polar surface area (TPSA) is 75.7 Å². The molecular formula is C19H22N2O4S. The molecule has 138 valence electrons. The molecule has 2 amide bonds. The highest BCUT2D eigenvalue weighted by Gasteiger charge is 2.30. The second-order valence-corrected chi connectivity index (χ2v) is 8.37. The van der Waals surface area contributed by atoms with Crippen LogP contribution in [0.15, 0.2) is 53.4 Å². The minimum Gasteiger partial charge on any atom is -0.497 e. The third-order valence-electron chi connectivity index (χ3n) is 4.53. The lowest BCUT2D eigenvalue weighted by Crippen LogP contribution is -2.34. The largest absolute Gasteiger partial charge is 0.497 e. The second-order valence-electron chi connectivity index (χ2n) is 6.35. The van der Waals surface area contributed by atoms with Gasteiger partial charge >= 0.3 is 6.03 Å². The number of urea groups is 1. The van der Waals surface area contributed by atoms with E-state index in [4.69, 9.17) is 4.74 Å². The summed E-state index contributed by atoms with van der Waals surface area (Å²) >= 11 is 0. The molecule has 0 saturated carbocycles. The molecule has 26 heavy (non-hydrogen) atoms. The van der Waals surface area contributed by atoms with Crippen molar-refractivity contribution in [2.24, 2.45) is 0 Å². The molecule has 0 spiro atoms. The van der Waals surface area contributed by atoms with Gasteiger partial charge in [-0.2, -0.15) is 0 Å². The summed E-state index contributed by atoms with van der Waals surface area (Å²) in [5.41, 5.74) is 1.61. The van der Waals surface area contributed by atoms with Crippen LogP contribution < -0.4 is 10.1 Å². The number of likely N-dealkylation sites (tertiary alicyclic amines) is 1. The monoisotopic (exact) mass is 374 g/mol. The van der Waals surface area contributed by atoms with E-state index in [0.717, 1.165) is 30.4 Å². The molecule has 0 radical (unpaired) electrons. The molecule has 7 heteroatoms. The molecule has 0 aromatic heterocycles. The van der Waals surface area contributed by atoms with Crippen LogP contribution in [0.3, 0.4) is 0 Å². The maximum Gasteiger partial charge on any atom is 0.322 e. The number of hydrogen-bond donors (Lipinski definition) is 1. The van der Waals surface area contributed by atoms with Gasteiger partial charge in [-0.25, -0.2) is 13.2 Å². The molecule has 1 saturated heterocycles. The Hall–Kier alpha value is -2.54. The zero-order chi connectivity index (χ0) is 18.7. The number of anilines is 1. The van der Waals surface area contributed by atoms with Crippen LogP contribution in [0, 0.1) is 0 Å². The summed E-state index contributed by atoms with van der Waals surface area (Å²) in [6.45, 7) is 0.676. The van der Waals surface area contributed by atoms with Gasteiger partial charge in [0.1, 0.15) is 5.75 Å². The highest BCUT2D eigenvalue weighted by atomic mass is 32.2. The number of amides is 2. The van der Waals surface area contributed by atoms with Crippen LogP contribution in [-0.2, 0) is 9.84 Å². The van der Waals surface area contributed by atoms with Crippen molar-refractivity contribution in [3.63, 3.8) is 0 Å². The molecule has 1 aliphatic heterocycles. The van der Waals surface area contributed by atoms with E-state index in [0.29, 0.717) is 12.2 Å². The summed E-state index contributed by atoms with van der Waals surface area (Å²) in [5, 5.41) is 2.85.